The van der Waals surface area contributed by atoms with Crippen LogP contribution in [0.5, 0.6) is 0 Å². The molecule has 0 aliphatic heterocycles. The molecule has 1 heterocycles. The number of hydrogen-bond donors (Lipinski definition) is 1. The van der Waals surface area contributed by atoms with Gasteiger partial charge in [0, 0.05) is 11.0 Å². The molecule has 6 heteroatoms. The molecule has 1 atom stereocenters. The quantitative estimate of drug-likeness (QED) is 0.505. The van der Waals surface area contributed by atoms with Crippen LogP contribution in [0.4, 0.5) is 0 Å². The number of benzene rings is 3. The Balaban J connectivity index is 1.69. The monoisotopic (exact) mass is 419 g/mol. The Morgan fingerprint density at radius 3 is 2.22 bits per heavy atom. The second kappa shape index (κ2) is 8.24. The van der Waals surface area contributed by atoms with Crippen LogP contribution >= 0.6 is 15.9 Å². The van der Waals surface area contributed by atoms with Crippen molar-refractivity contribution in [2.45, 2.75) is 12.6 Å². The van der Waals surface area contributed by atoms with Crippen molar-refractivity contribution in [2.24, 2.45) is 0 Å². The molecule has 5 nitrogen and oxygen atoms in total. The summed E-state index contributed by atoms with van der Waals surface area (Å²) in [6.45, 7) is 0.716. The summed E-state index contributed by atoms with van der Waals surface area (Å²) >= 11 is 3.47. The number of hydrogen-bond acceptors (Lipinski definition) is 4. The van der Waals surface area contributed by atoms with Gasteiger partial charge in [-0.15, -0.1) is 5.10 Å². The van der Waals surface area contributed by atoms with Gasteiger partial charge >= 0.3 is 0 Å². The molecule has 134 valence electrons. The molecule has 1 N–H and O–H groups in total. The molecule has 0 saturated carbocycles. The molecule has 0 radical (unpaired) electrons. The highest BCUT2D eigenvalue weighted by atomic mass is 79.9. The van der Waals surface area contributed by atoms with Crippen LogP contribution in [0.25, 0.3) is 5.69 Å². The van der Waals surface area contributed by atoms with Crippen molar-refractivity contribution in [3.05, 3.63) is 106 Å². The van der Waals surface area contributed by atoms with Gasteiger partial charge < -0.3 is 0 Å². The number of tetrazole rings is 1. The van der Waals surface area contributed by atoms with Crippen LogP contribution in [0.3, 0.4) is 0 Å². The van der Waals surface area contributed by atoms with Crippen molar-refractivity contribution >= 4 is 15.9 Å². The molecule has 0 amide bonds. The minimum Gasteiger partial charge on any atom is -0.299 e. The smallest absolute Gasteiger partial charge is 0.178 e. The van der Waals surface area contributed by atoms with Gasteiger partial charge in [0.15, 0.2) is 5.82 Å². The fourth-order valence-corrected chi connectivity index (χ4v) is 3.22. The highest BCUT2D eigenvalue weighted by Gasteiger charge is 2.21. The third-order valence-electron chi connectivity index (χ3n) is 4.31. The topological polar surface area (TPSA) is 55.6 Å². The molecule has 3 aromatic carbocycles. The van der Waals surface area contributed by atoms with E-state index in [0.717, 1.165) is 21.5 Å². The van der Waals surface area contributed by atoms with Crippen LogP contribution in [0.2, 0.25) is 0 Å². The van der Waals surface area contributed by atoms with Gasteiger partial charge in [-0.05, 0) is 45.8 Å². The number of halogens is 1. The number of nitrogens with one attached hydrogen (secondary N) is 1. The van der Waals surface area contributed by atoms with Crippen LogP contribution in [0.1, 0.15) is 23.0 Å². The van der Waals surface area contributed by atoms with Gasteiger partial charge in [-0.1, -0.05) is 76.6 Å². The van der Waals surface area contributed by atoms with Crippen molar-refractivity contribution < 1.29 is 0 Å². The number of aromatic nitrogens is 4. The zero-order valence-electron chi connectivity index (χ0n) is 14.5. The molecule has 0 fully saturated rings. The van der Waals surface area contributed by atoms with Crippen molar-refractivity contribution in [1.82, 2.24) is 25.5 Å². The molecule has 0 spiro atoms. The fourth-order valence-electron chi connectivity index (χ4n) is 2.96. The maximum atomic E-state index is 4.33. The van der Waals surface area contributed by atoms with E-state index in [4.69, 9.17) is 0 Å². The third kappa shape index (κ3) is 4.13. The Kier molecular flexibility index (Phi) is 5.37. The van der Waals surface area contributed by atoms with Gasteiger partial charge in [0.1, 0.15) is 0 Å². The molecular formula is C21H18BrN5. The van der Waals surface area contributed by atoms with Crippen molar-refractivity contribution in [2.75, 3.05) is 0 Å². The van der Waals surface area contributed by atoms with Gasteiger partial charge in [-0.25, -0.2) is 0 Å². The lowest BCUT2D eigenvalue weighted by atomic mass is 10.1. The van der Waals surface area contributed by atoms with E-state index in [0.29, 0.717) is 6.54 Å². The average molecular weight is 420 g/mol. The molecule has 0 saturated heterocycles. The standard InChI is InChI=1S/C21H18BrN5/c22-18-11-13-19(14-12-18)27-21(24-25-26-27)20(17-9-5-2-6-10-17)23-15-16-7-3-1-4-8-16/h1-14,20,23H,15H2/t20-/m0/s1. The van der Waals surface area contributed by atoms with Gasteiger partial charge in [-0.3, -0.25) is 5.32 Å². The molecule has 4 aromatic rings. The van der Waals surface area contributed by atoms with Gasteiger partial charge in [-0.2, -0.15) is 4.68 Å². The summed E-state index contributed by atoms with van der Waals surface area (Å²) in [5.41, 5.74) is 3.24. The van der Waals surface area contributed by atoms with Crippen LogP contribution in [-0.4, -0.2) is 20.2 Å². The first kappa shape index (κ1) is 17.6. The SMILES string of the molecule is Brc1ccc(-n2nnnc2[C@@H](NCc2ccccc2)c2ccccc2)cc1. The molecule has 4 rings (SSSR count). The number of rotatable bonds is 6. The van der Waals surface area contributed by atoms with Crippen LogP contribution in [-0.2, 0) is 6.54 Å². The minimum absolute atomic E-state index is 0.134. The predicted octanol–water partition coefficient (Wildman–Crippen LogP) is 4.30. The lowest BCUT2D eigenvalue weighted by Gasteiger charge is -2.19. The zero-order valence-corrected chi connectivity index (χ0v) is 16.1. The largest absolute Gasteiger partial charge is 0.299 e. The van der Waals surface area contributed by atoms with E-state index in [-0.39, 0.29) is 6.04 Å². The summed E-state index contributed by atoms with van der Waals surface area (Å²) in [4.78, 5) is 0. The lowest BCUT2D eigenvalue weighted by Crippen LogP contribution is -2.25. The van der Waals surface area contributed by atoms with E-state index < -0.39 is 0 Å². The van der Waals surface area contributed by atoms with Gasteiger partial charge in [0.2, 0.25) is 0 Å². The maximum Gasteiger partial charge on any atom is 0.178 e. The first-order valence-corrected chi connectivity index (χ1v) is 9.47. The second-order valence-electron chi connectivity index (χ2n) is 6.14. The van der Waals surface area contributed by atoms with E-state index >= 15 is 0 Å². The van der Waals surface area contributed by atoms with Crippen molar-refractivity contribution in [1.29, 1.82) is 0 Å². The van der Waals surface area contributed by atoms with Crippen molar-refractivity contribution in [3.63, 3.8) is 0 Å². The molecule has 0 aliphatic rings. The van der Waals surface area contributed by atoms with Gasteiger partial charge in [0.25, 0.3) is 0 Å². The summed E-state index contributed by atoms with van der Waals surface area (Å²) in [5, 5.41) is 16.1. The minimum atomic E-state index is -0.134. The van der Waals surface area contributed by atoms with E-state index in [9.17, 15) is 0 Å². The number of nitrogens with zero attached hydrogens (tertiary/aromatic N) is 4. The van der Waals surface area contributed by atoms with Crippen LogP contribution in [0.15, 0.2) is 89.4 Å². The summed E-state index contributed by atoms with van der Waals surface area (Å²) in [7, 11) is 0. The zero-order chi connectivity index (χ0) is 18.5. The maximum absolute atomic E-state index is 4.33. The van der Waals surface area contributed by atoms with E-state index in [2.05, 4.69) is 61.0 Å². The first-order valence-electron chi connectivity index (χ1n) is 8.68. The Morgan fingerprint density at radius 2 is 1.52 bits per heavy atom. The Labute approximate surface area is 166 Å². The predicted molar refractivity (Wildman–Crippen MR) is 108 cm³/mol. The molecular weight excluding hydrogens is 402 g/mol. The highest BCUT2D eigenvalue weighted by Crippen LogP contribution is 2.23. The summed E-state index contributed by atoms with van der Waals surface area (Å²) < 4.78 is 2.80. The Bertz CT molecular complexity index is 984. The summed E-state index contributed by atoms with van der Waals surface area (Å²) in [6, 6.07) is 28.4. The highest BCUT2D eigenvalue weighted by molar-refractivity contribution is 9.10. The lowest BCUT2D eigenvalue weighted by molar-refractivity contribution is 0.560. The second-order valence-corrected chi connectivity index (χ2v) is 7.05. The Hall–Kier alpha value is -2.83. The average Bonchev–Trinajstić information content (AvgIpc) is 3.20. The summed E-state index contributed by atoms with van der Waals surface area (Å²) in [6.07, 6.45) is 0. The normalized spacial score (nSPS) is 12.0. The van der Waals surface area contributed by atoms with Crippen LogP contribution < -0.4 is 5.32 Å². The third-order valence-corrected chi connectivity index (χ3v) is 4.84. The van der Waals surface area contributed by atoms with E-state index in [1.54, 1.807) is 4.68 Å². The fraction of sp³-hybridized carbons (Fsp3) is 0.0952. The molecule has 1 aromatic heterocycles. The van der Waals surface area contributed by atoms with Gasteiger partial charge in [0.05, 0.1) is 11.7 Å². The molecule has 0 bridgehead atoms. The molecule has 27 heavy (non-hydrogen) atoms. The Morgan fingerprint density at radius 1 is 0.852 bits per heavy atom. The molecule has 0 unspecified atom stereocenters. The summed E-state index contributed by atoms with van der Waals surface area (Å²) in [5.74, 6) is 0.749. The van der Waals surface area contributed by atoms with E-state index in [1.807, 2.05) is 60.7 Å². The molecule has 0 aliphatic carbocycles. The first-order chi connectivity index (χ1) is 13.3. The van der Waals surface area contributed by atoms with E-state index in [1.165, 1.54) is 5.56 Å². The van der Waals surface area contributed by atoms with Crippen molar-refractivity contribution in [3.8, 4) is 5.69 Å². The van der Waals surface area contributed by atoms with Crippen LogP contribution in [0, 0.1) is 0 Å².